The number of amides is 3. The summed E-state index contributed by atoms with van der Waals surface area (Å²) >= 11 is 0. The van der Waals surface area contributed by atoms with Crippen LogP contribution < -0.4 is 11.1 Å². The van der Waals surface area contributed by atoms with Crippen LogP contribution in [0.3, 0.4) is 0 Å². The molecule has 3 atom stereocenters. The Bertz CT molecular complexity index is 727. The number of hydrogen-bond donors (Lipinski definition) is 3. The minimum Gasteiger partial charge on any atom is -0.481 e. The molecule has 2 fully saturated rings. The first-order chi connectivity index (χ1) is 13.9. The molecule has 0 radical (unpaired) electrons. The van der Waals surface area contributed by atoms with Crippen molar-refractivity contribution >= 4 is 23.6 Å². The first-order valence-corrected chi connectivity index (χ1v) is 10.3. The van der Waals surface area contributed by atoms with Gasteiger partial charge in [0.15, 0.2) is 0 Å². The largest absolute Gasteiger partial charge is 0.481 e. The number of hydrogen-bond acceptors (Lipinski definition) is 4. The highest BCUT2D eigenvalue weighted by Gasteiger charge is 2.35. The van der Waals surface area contributed by atoms with E-state index in [1.165, 1.54) is 0 Å². The van der Waals surface area contributed by atoms with E-state index in [1.807, 2.05) is 30.3 Å². The summed E-state index contributed by atoms with van der Waals surface area (Å²) in [7, 11) is 0. The number of piperidine rings is 1. The molecule has 4 N–H and O–H groups in total. The molecule has 3 unspecified atom stereocenters. The van der Waals surface area contributed by atoms with Crippen molar-refractivity contribution in [3.05, 3.63) is 30.3 Å². The number of carbonyl (C=O) groups is 3. The van der Waals surface area contributed by atoms with Gasteiger partial charge in [0.05, 0.1) is 6.04 Å². The number of primary amides is 1. The summed E-state index contributed by atoms with van der Waals surface area (Å²) in [5, 5.41) is 12.2. The molecule has 3 rings (SSSR count). The van der Waals surface area contributed by atoms with Crippen LogP contribution in [0.25, 0.3) is 0 Å². The Morgan fingerprint density at radius 3 is 2.55 bits per heavy atom. The van der Waals surface area contributed by atoms with Gasteiger partial charge in [0.2, 0.25) is 5.91 Å². The first-order valence-electron chi connectivity index (χ1n) is 10.3. The van der Waals surface area contributed by atoms with Gasteiger partial charge in [-0.25, -0.2) is 4.79 Å². The average molecular weight is 402 g/mol. The number of nitrogens with zero attached hydrogens (tertiary/aromatic N) is 2. The van der Waals surface area contributed by atoms with E-state index in [-0.39, 0.29) is 36.2 Å². The molecule has 8 heteroatoms. The van der Waals surface area contributed by atoms with Gasteiger partial charge in [-0.3, -0.25) is 14.5 Å². The predicted molar refractivity (Wildman–Crippen MR) is 109 cm³/mol. The summed E-state index contributed by atoms with van der Waals surface area (Å²) in [6.07, 6.45) is 3.25. The van der Waals surface area contributed by atoms with Gasteiger partial charge in [0.1, 0.15) is 0 Å². The van der Waals surface area contributed by atoms with Crippen LogP contribution in [0.15, 0.2) is 30.3 Å². The number of nitrogens with one attached hydrogen (secondary N) is 1. The van der Waals surface area contributed by atoms with Gasteiger partial charge in [0, 0.05) is 25.2 Å². The maximum atomic E-state index is 12.7. The van der Waals surface area contributed by atoms with E-state index in [1.54, 1.807) is 4.90 Å². The third kappa shape index (κ3) is 5.69. The van der Waals surface area contributed by atoms with Crippen molar-refractivity contribution in [3.63, 3.8) is 0 Å². The smallest absolute Gasteiger partial charge is 0.321 e. The Labute approximate surface area is 171 Å². The molecule has 1 aromatic rings. The van der Waals surface area contributed by atoms with Gasteiger partial charge in [0.25, 0.3) is 0 Å². The third-order valence-corrected chi connectivity index (χ3v) is 6.12. The second-order valence-corrected chi connectivity index (χ2v) is 8.03. The molecule has 0 aliphatic carbocycles. The van der Waals surface area contributed by atoms with Gasteiger partial charge in [-0.2, -0.15) is 0 Å². The molecule has 1 aromatic carbocycles. The molecule has 0 aromatic heterocycles. The minimum atomic E-state index is -0.807. The van der Waals surface area contributed by atoms with Gasteiger partial charge < -0.3 is 21.1 Å². The highest BCUT2D eigenvalue weighted by Crippen LogP contribution is 2.31. The summed E-state index contributed by atoms with van der Waals surface area (Å²) in [6.45, 7) is 2.59. The van der Waals surface area contributed by atoms with Crippen LogP contribution in [0.2, 0.25) is 0 Å². The molecule has 0 bridgehead atoms. The lowest BCUT2D eigenvalue weighted by Crippen LogP contribution is -2.47. The van der Waals surface area contributed by atoms with Crippen molar-refractivity contribution in [3.8, 4) is 0 Å². The first kappa shape index (κ1) is 21.1. The van der Waals surface area contributed by atoms with E-state index in [2.05, 4.69) is 10.2 Å². The highest BCUT2D eigenvalue weighted by atomic mass is 16.4. The predicted octanol–water partition coefficient (Wildman–Crippen LogP) is 1.97. The molecule has 2 saturated heterocycles. The van der Waals surface area contributed by atoms with Crippen LogP contribution in [-0.2, 0) is 9.59 Å². The quantitative estimate of drug-likeness (QED) is 0.645. The Morgan fingerprint density at radius 1 is 1.10 bits per heavy atom. The number of carbonyl (C=O) groups excluding carboxylic acids is 2. The number of carboxylic acids is 1. The van der Waals surface area contributed by atoms with E-state index in [4.69, 9.17) is 5.73 Å². The van der Waals surface area contributed by atoms with Crippen molar-refractivity contribution in [2.45, 2.75) is 38.1 Å². The van der Waals surface area contributed by atoms with Crippen molar-refractivity contribution in [2.75, 3.05) is 31.5 Å². The Morgan fingerprint density at radius 2 is 1.86 bits per heavy atom. The maximum Gasteiger partial charge on any atom is 0.321 e. The summed E-state index contributed by atoms with van der Waals surface area (Å²) in [6, 6.07) is 8.90. The average Bonchev–Trinajstić information content (AvgIpc) is 3.16. The van der Waals surface area contributed by atoms with Gasteiger partial charge in [-0.1, -0.05) is 18.2 Å². The fraction of sp³-hybridized carbons (Fsp3) is 0.571. The molecule has 2 aliphatic heterocycles. The molecule has 158 valence electrons. The van der Waals surface area contributed by atoms with Gasteiger partial charge in [-0.15, -0.1) is 0 Å². The van der Waals surface area contributed by atoms with Crippen molar-refractivity contribution in [2.24, 2.45) is 17.6 Å². The molecular weight excluding hydrogens is 372 g/mol. The van der Waals surface area contributed by atoms with Crippen molar-refractivity contribution in [1.29, 1.82) is 0 Å². The Kier molecular flexibility index (Phi) is 7.09. The topological polar surface area (TPSA) is 116 Å². The van der Waals surface area contributed by atoms with Crippen LogP contribution in [0.4, 0.5) is 10.5 Å². The zero-order valence-corrected chi connectivity index (χ0v) is 16.6. The number of para-hydroxylation sites is 1. The van der Waals surface area contributed by atoms with Crippen LogP contribution in [0, 0.1) is 11.8 Å². The number of rotatable bonds is 7. The molecule has 0 spiro atoms. The molecular formula is C21H30N4O4. The Hall–Kier alpha value is -2.61. The number of anilines is 1. The highest BCUT2D eigenvalue weighted by molar-refractivity contribution is 5.89. The second-order valence-electron chi connectivity index (χ2n) is 8.03. The fourth-order valence-corrected chi connectivity index (χ4v) is 4.56. The standard InChI is InChI=1S/C21H30N4O4/c22-20(28)18-7-4-10-24(18)11-9-16-14-25(12-8-15(16)13-19(26)27)21(29)23-17-5-2-1-3-6-17/h1-3,5-6,15-16,18H,4,7-14H2,(H2,22,28)(H,23,29)(H,26,27). The normalized spacial score (nSPS) is 25.0. The molecule has 2 aliphatic rings. The lowest BCUT2D eigenvalue weighted by molar-refractivity contribution is -0.139. The van der Waals surface area contributed by atoms with E-state index < -0.39 is 5.97 Å². The number of carboxylic acid groups (broad SMARTS) is 1. The SMILES string of the molecule is NC(=O)C1CCCN1CCC1CN(C(=O)Nc2ccccc2)CCC1CC(=O)O. The fourth-order valence-electron chi connectivity index (χ4n) is 4.56. The number of nitrogens with two attached hydrogens (primary N) is 1. The minimum absolute atomic E-state index is 0.0305. The number of benzene rings is 1. The van der Waals surface area contributed by atoms with E-state index in [0.29, 0.717) is 26.1 Å². The molecule has 3 amide bonds. The summed E-state index contributed by atoms with van der Waals surface area (Å²) < 4.78 is 0. The summed E-state index contributed by atoms with van der Waals surface area (Å²) in [5.41, 5.74) is 6.24. The monoisotopic (exact) mass is 402 g/mol. The lowest BCUT2D eigenvalue weighted by Gasteiger charge is -2.39. The summed E-state index contributed by atoms with van der Waals surface area (Å²) in [4.78, 5) is 39.5. The Balaban J connectivity index is 1.61. The third-order valence-electron chi connectivity index (χ3n) is 6.12. The van der Waals surface area contributed by atoms with Crippen molar-refractivity contribution < 1.29 is 19.5 Å². The van der Waals surface area contributed by atoms with Crippen LogP contribution in [0.1, 0.15) is 32.1 Å². The zero-order chi connectivity index (χ0) is 20.8. The van der Waals surface area contributed by atoms with Gasteiger partial charge >= 0.3 is 12.0 Å². The van der Waals surface area contributed by atoms with Crippen molar-refractivity contribution in [1.82, 2.24) is 9.80 Å². The van der Waals surface area contributed by atoms with E-state index >= 15 is 0 Å². The molecule has 29 heavy (non-hydrogen) atoms. The number of likely N-dealkylation sites (tertiary alicyclic amines) is 2. The summed E-state index contributed by atoms with van der Waals surface area (Å²) in [5.74, 6) is -0.992. The lowest BCUT2D eigenvalue weighted by atomic mass is 9.81. The van der Waals surface area contributed by atoms with Gasteiger partial charge in [-0.05, 0) is 62.7 Å². The van der Waals surface area contributed by atoms with Crippen LogP contribution in [-0.4, -0.2) is 65.0 Å². The van der Waals surface area contributed by atoms with Crippen LogP contribution >= 0.6 is 0 Å². The van der Waals surface area contributed by atoms with E-state index in [9.17, 15) is 19.5 Å². The maximum absolute atomic E-state index is 12.7. The number of aliphatic carboxylic acids is 1. The van der Waals surface area contributed by atoms with E-state index in [0.717, 1.165) is 31.5 Å². The zero-order valence-electron chi connectivity index (χ0n) is 16.6. The number of urea groups is 1. The molecule has 0 saturated carbocycles. The molecule has 2 heterocycles. The second kappa shape index (κ2) is 9.73. The molecule has 8 nitrogen and oxygen atoms in total. The van der Waals surface area contributed by atoms with Crippen LogP contribution in [0.5, 0.6) is 0 Å².